The van der Waals surface area contributed by atoms with Gasteiger partial charge in [-0.2, -0.15) is 11.3 Å². The van der Waals surface area contributed by atoms with Crippen LogP contribution < -0.4 is 10.1 Å². The number of carbonyl (C=O) groups is 1. The molecule has 106 valence electrons. The molecule has 5 heteroatoms. The lowest BCUT2D eigenvalue weighted by atomic mass is 10.1. The zero-order chi connectivity index (χ0) is 14.5. The van der Waals surface area contributed by atoms with E-state index >= 15 is 0 Å². The Hall–Kier alpha value is -2.01. The van der Waals surface area contributed by atoms with Gasteiger partial charge in [0.2, 0.25) is 0 Å². The largest absolute Gasteiger partial charge is 0.507 e. The highest BCUT2D eigenvalue weighted by Crippen LogP contribution is 2.23. The van der Waals surface area contributed by atoms with Gasteiger partial charge >= 0.3 is 0 Å². The summed E-state index contributed by atoms with van der Waals surface area (Å²) in [6.07, 6.45) is 0.770. The molecular formula is C15H17NO3S. The van der Waals surface area contributed by atoms with Crippen molar-refractivity contribution in [1.29, 1.82) is 0 Å². The quantitative estimate of drug-likeness (QED) is 0.890. The normalized spacial score (nSPS) is 11.9. The number of aromatic hydroxyl groups is 1. The number of rotatable bonds is 5. The summed E-state index contributed by atoms with van der Waals surface area (Å²) in [5.41, 5.74) is 1.45. The van der Waals surface area contributed by atoms with Crippen molar-refractivity contribution in [2.75, 3.05) is 7.11 Å². The number of amides is 1. The van der Waals surface area contributed by atoms with Crippen LogP contribution in [-0.4, -0.2) is 24.2 Å². The topological polar surface area (TPSA) is 58.6 Å². The molecule has 1 heterocycles. The number of benzene rings is 1. The summed E-state index contributed by atoms with van der Waals surface area (Å²) in [6, 6.07) is 6.67. The number of carbonyl (C=O) groups excluding carboxylic acids is 1. The van der Waals surface area contributed by atoms with E-state index in [4.69, 9.17) is 4.74 Å². The van der Waals surface area contributed by atoms with Gasteiger partial charge in [0, 0.05) is 12.1 Å². The van der Waals surface area contributed by atoms with Crippen molar-refractivity contribution in [2.45, 2.75) is 19.4 Å². The second-order valence-electron chi connectivity index (χ2n) is 4.59. The van der Waals surface area contributed by atoms with Gasteiger partial charge < -0.3 is 15.2 Å². The minimum Gasteiger partial charge on any atom is -0.507 e. The molecule has 0 bridgehead atoms. The van der Waals surface area contributed by atoms with E-state index in [1.54, 1.807) is 23.5 Å². The van der Waals surface area contributed by atoms with Crippen LogP contribution in [-0.2, 0) is 6.42 Å². The van der Waals surface area contributed by atoms with E-state index in [9.17, 15) is 9.90 Å². The van der Waals surface area contributed by atoms with Crippen LogP contribution in [0.15, 0.2) is 35.0 Å². The lowest BCUT2D eigenvalue weighted by Gasteiger charge is -2.14. The fourth-order valence-corrected chi connectivity index (χ4v) is 2.63. The first kappa shape index (κ1) is 14.4. The van der Waals surface area contributed by atoms with Gasteiger partial charge in [-0.3, -0.25) is 4.79 Å². The molecule has 0 aliphatic rings. The molecule has 0 radical (unpaired) electrons. The molecule has 1 aromatic carbocycles. The van der Waals surface area contributed by atoms with Crippen molar-refractivity contribution < 1.29 is 14.6 Å². The van der Waals surface area contributed by atoms with E-state index in [0.29, 0.717) is 5.75 Å². The van der Waals surface area contributed by atoms with E-state index in [1.165, 1.54) is 18.7 Å². The Balaban J connectivity index is 2.00. The molecule has 0 saturated carbocycles. The van der Waals surface area contributed by atoms with Gasteiger partial charge in [0.15, 0.2) is 0 Å². The van der Waals surface area contributed by atoms with Gasteiger partial charge in [0.25, 0.3) is 5.91 Å². The molecule has 1 amide bonds. The highest BCUT2D eigenvalue weighted by molar-refractivity contribution is 7.07. The van der Waals surface area contributed by atoms with Crippen molar-refractivity contribution in [1.82, 2.24) is 5.32 Å². The van der Waals surface area contributed by atoms with E-state index in [2.05, 4.69) is 10.7 Å². The molecule has 2 N–H and O–H groups in total. The molecular weight excluding hydrogens is 274 g/mol. The lowest BCUT2D eigenvalue weighted by Crippen LogP contribution is -2.34. The summed E-state index contributed by atoms with van der Waals surface area (Å²) in [5.74, 6) is 0.155. The summed E-state index contributed by atoms with van der Waals surface area (Å²) in [6.45, 7) is 1.94. The van der Waals surface area contributed by atoms with Crippen LogP contribution in [0.5, 0.6) is 11.5 Å². The van der Waals surface area contributed by atoms with E-state index in [-0.39, 0.29) is 23.3 Å². The summed E-state index contributed by atoms with van der Waals surface area (Å²) >= 11 is 1.64. The minimum absolute atomic E-state index is 0.00129. The third kappa shape index (κ3) is 3.51. The third-order valence-corrected chi connectivity index (χ3v) is 3.68. The Morgan fingerprint density at radius 1 is 1.45 bits per heavy atom. The first-order chi connectivity index (χ1) is 9.60. The van der Waals surface area contributed by atoms with Crippen molar-refractivity contribution in [3.63, 3.8) is 0 Å². The van der Waals surface area contributed by atoms with Gasteiger partial charge in [-0.1, -0.05) is 0 Å². The van der Waals surface area contributed by atoms with Crippen LogP contribution in [0.25, 0.3) is 0 Å². The Kier molecular flexibility index (Phi) is 4.63. The number of methoxy groups -OCH3 is 1. The number of hydrogen-bond donors (Lipinski definition) is 2. The van der Waals surface area contributed by atoms with Gasteiger partial charge in [-0.05, 0) is 47.9 Å². The van der Waals surface area contributed by atoms with Crippen LogP contribution in [0.4, 0.5) is 0 Å². The molecule has 0 aliphatic carbocycles. The fourth-order valence-electron chi connectivity index (χ4n) is 1.95. The molecule has 0 aliphatic heterocycles. The van der Waals surface area contributed by atoms with Crippen molar-refractivity contribution >= 4 is 17.2 Å². The maximum Gasteiger partial charge on any atom is 0.255 e. The molecule has 0 spiro atoms. The average molecular weight is 291 g/mol. The summed E-state index contributed by atoms with van der Waals surface area (Å²) in [5, 5.41) is 16.8. The summed E-state index contributed by atoms with van der Waals surface area (Å²) in [4.78, 5) is 12.1. The van der Waals surface area contributed by atoms with Crippen LogP contribution in [0, 0.1) is 0 Å². The van der Waals surface area contributed by atoms with Crippen LogP contribution >= 0.6 is 11.3 Å². The summed E-state index contributed by atoms with van der Waals surface area (Å²) < 4.78 is 4.99. The summed E-state index contributed by atoms with van der Waals surface area (Å²) in [7, 11) is 1.51. The number of hydrogen-bond acceptors (Lipinski definition) is 4. The molecule has 0 fully saturated rings. The number of ether oxygens (including phenoxy) is 1. The second kappa shape index (κ2) is 6.43. The van der Waals surface area contributed by atoms with Crippen molar-refractivity contribution in [2.24, 2.45) is 0 Å². The molecule has 4 nitrogen and oxygen atoms in total. The van der Waals surface area contributed by atoms with E-state index < -0.39 is 0 Å². The smallest absolute Gasteiger partial charge is 0.255 e. The van der Waals surface area contributed by atoms with Gasteiger partial charge in [0.05, 0.1) is 12.7 Å². The molecule has 1 atom stereocenters. The minimum atomic E-state index is -0.284. The average Bonchev–Trinajstić information content (AvgIpc) is 2.90. The predicted molar refractivity (Wildman–Crippen MR) is 79.6 cm³/mol. The zero-order valence-corrected chi connectivity index (χ0v) is 12.2. The fraction of sp³-hybridized carbons (Fsp3) is 0.267. The van der Waals surface area contributed by atoms with E-state index in [0.717, 1.165) is 6.42 Å². The first-order valence-corrected chi connectivity index (χ1v) is 7.23. The standard InChI is InChI=1S/C15H17NO3S/c1-10(7-11-5-6-20-9-11)16-15(18)13-4-3-12(19-2)8-14(13)17/h3-6,8-10,17H,7H2,1-2H3,(H,16,18). The number of thiophene rings is 1. The Bertz CT molecular complexity index is 581. The molecule has 2 rings (SSSR count). The second-order valence-corrected chi connectivity index (χ2v) is 5.37. The third-order valence-electron chi connectivity index (χ3n) is 2.95. The van der Waals surface area contributed by atoms with Crippen molar-refractivity contribution in [3.8, 4) is 11.5 Å². The van der Waals surface area contributed by atoms with Gasteiger partial charge in [-0.15, -0.1) is 0 Å². The lowest BCUT2D eigenvalue weighted by molar-refractivity contribution is 0.0937. The predicted octanol–water partition coefficient (Wildman–Crippen LogP) is 2.82. The monoisotopic (exact) mass is 291 g/mol. The highest BCUT2D eigenvalue weighted by atomic mass is 32.1. The van der Waals surface area contributed by atoms with E-state index in [1.807, 2.05) is 18.4 Å². The van der Waals surface area contributed by atoms with Crippen LogP contribution in [0.3, 0.4) is 0 Å². The number of nitrogens with one attached hydrogen (secondary N) is 1. The number of phenols is 1. The highest BCUT2D eigenvalue weighted by Gasteiger charge is 2.14. The molecule has 1 unspecified atom stereocenters. The first-order valence-electron chi connectivity index (χ1n) is 6.29. The molecule has 2 aromatic rings. The van der Waals surface area contributed by atoms with Crippen molar-refractivity contribution in [3.05, 3.63) is 46.2 Å². The SMILES string of the molecule is COc1ccc(C(=O)NC(C)Cc2ccsc2)c(O)c1. The molecule has 0 saturated heterocycles. The molecule has 1 aromatic heterocycles. The van der Waals surface area contributed by atoms with Gasteiger partial charge in [-0.25, -0.2) is 0 Å². The zero-order valence-electron chi connectivity index (χ0n) is 11.4. The van der Waals surface area contributed by atoms with Crippen LogP contribution in [0.2, 0.25) is 0 Å². The van der Waals surface area contributed by atoms with Crippen LogP contribution in [0.1, 0.15) is 22.8 Å². The maximum absolute atomic E-state index is 12.1. The Labute approximate surface area is 122 Å². The maximum atomic E-state index is 12.1. The van der Waals surface area contributed by atoms with Gasteiger partial charge in [0.1, 0.15) is 11.5 Å². The Morgan fingerprint density at radius 3 is 2.85 bits per heavy atom. The number of phenolic OH excluding ortho intramolecular Hbond substituents is 1. The Morgan fingerprint density at radius 2 is 2.25 bits per heavy atom. The molecule has 20 heavy (non-hydrogen) atoms.